The summed E-state index contributed by atoms with van der Waals surface area (Å²) in [5.74, 6) is 1.21. The summed E-state index contributed by atoms with van der Waals surface area (Å²) in [6, 6.07) is 6.38. The minimum absolute atomic E-state index is 0.0114. The standard InChI is InChI=1S/C21H27NO4/c1-24-15-5-6-16-14(13-15)4-7-17-19(16)26-12-10-22(17)20(23)21(8-9-21)18-3-2-11-25-18/h5-6,13,17-19H,2-4,7-12H2,1H3. The highest BCUT2D eigenvalue weighted by molar-refractivity contribution is 5.86. The van der Waals surface area contributed by atoms with Crippen LogP contribution in [0.5, 0.6) is 5.75 Å². The summed E-state index contributed by atoms with van der Waals surface area (Å²) in [4.78, 5) is 15.6. The second kappa shape index (κ2) is 6.24. The van der Waals surface area contributed by atoms with Crippen molar-refractivity contribution in [2.45, 2.75) is 56.8 Å². The van der Waals surface area contributed by atoms with Gasteiger partial charge in [-0.2, -0.15) is 0 Å². The summed E-state index contributed by atoms with van der Waals surface area (Å²) in [5, 5.41) is 0. The average Bonchev–Trinajstić information content (AvgIpc) is 3.32. The van der Waals surface area contributed by atoms with Gasteiger partial charge in [-0.05, 0) is 61.8 Å². The first-order chi connectivity index (χ1) is 12.7. The van der Waals surface area contributed by atoms with Gasteiger partial charge in [-0.15, -0.1) is 0 Å². The number of fused-ring (bicyclic) bond motifs is 3. The van der Waals surface area contributed by atoms with E-state index in [0.29, 0.717) is 19.1 Å². The Morgan fingerprint density at radius 2 is 2.12 bits per heavy atom. The van der Waals surface area contributed by atoms with Gasteiger partial charge in [-0.1, -0.05) is 6.07 Å². The van der Waals surface area contributed by atoms with Crippen molar-refractivity contribution in [2.24, 2.45) is 5.41 Å². The largest absolute Gasteiger partial charge is 0.497 e. The molecular weight excluding hydrogens is 330 g/mol. The minimum Gasteiger partial charge on any atom is -0.497 e. The van der Waals surface area contributed by atoms with Gasteiger partial charge >= 0.3 is 0 Å². The lowest BCUT2D eigenvalue weighted by molar-refractivity contribution is -0.158. The van der Waals surface area contributed by atoms with Gasteiger partial charge in [0.05, 0.1) is 31.3 Å². The highest BCUT2D eigenvalue weighted by Crippen LogP contribution is 2.55. The van der Waals surface area contributed by atoms with Crippen molar-refractivity contribution in [1.29, 1.82) is 0 Å². The van der Waals surface area contributed by atoms with Gasteiger partial charge in [0.1, 0.15) is 11.9 Å². The molecule has 4 aliphatic rings. The molecule has 26 heavy (non-hydrogen) atoms. The summed E-state index contributed by atoms with van der Waals surface area (Å²) in [6.45, 7) is 2.13. The quantitative estimate of drug-likeness (QED) is 0.835. The molecular formula is C21H27NO4. The third-order valence-corrected chi connectivity index (χ3v) is 6.77. The second-order valence-corrected chi connectivity index (χ2v) is 8.12. The van der Waals surface area contributed by atoms with Crippen LogP contribution in [-0.4, -0.2) is 49.8 Å². The molecule has 5 rings (SSSR count). The van der Waals surface area contributed by atoms with Gasteiger partial charge in [-0.25, -0.2) is 0 Å². The Bertz CT molecular complexity index is 708. The van der Waals surface area contributed by atoms with Gasteiger partial charge in [0.15, 0.2) is 0 Å². The smallest absolute Gasteiger partial charge is 0.231 e. The monoisotopic (exact) mass is 357 g/mol. The van der Waals surface area contributed by atoms with E-state index in [9.17, 15) is 4.79 Å². The molecule has 0 aromatic heterocycles. The highest BCUT2D eigenvalue weighted by atomic mass is 16.5. The Morgan fingerprint density at radius 1 is 1.23 bits per heavy atom. The van der Waals surface area contributed by atoms with Crippen LogP contribution in [0.1, 0.15) is 49.3 Å². The molecule has 2 aliphatic carbocycles. The van der Waals surface area contributed by atoms with E-state index in [1.165, 1.54) is 11.1 Å². The number of amides is 1. The molecule has 2 heterocycles. The maximum Gasteiger partial charge on any atom is 0.231 e. The summed E-state index contributed by atoms with van der Waals surface area (Å²) >= 11 is 0. The van der Waals surface area contributed by atoms with Crippen LogP contribution in [0.4, 0.5) is 0 Å². The van der Waals surface area contributed by atoms with Crippen molar-refractivity contribution in [3.05, 3.63) is 29.3 Å². The molecule has 3 unspecified atom stereocenters. The van der Waals surface area contributed by atoms with E-state index >= 15 is 0 Å². The van der Waals surface area contributed by atoms with E-state index in [-0.39, 0.29) is 23.7 Å². The zero-order chi connectivity index (χ0) is 17.7. The first-order valence-corrected chi connectivity index (χ1v) is 9.94. The van der Waals surface area contributed by atoms with Crippen LogP contribution in [0.15, 0.2) is 18.2 Å². The van der Waals surface area contributed by atoms with Crippen molar-refractivity contribution in [3.63, 3.8) is 0 Å². The molecule has 2 saturated heterocycles. The fourth-order valence-corrected chi connectivity index (χ4v) is 5.19. The Balaban J connectivity index is 1.41. The third kappa shape index (κ3) is 2.48. The zero-order valence-corrected chi connectivity index (χ0v) is 15.4. The number of carbonyl (C=O) groups excluding carboxylic acids is 1. The molecule has 1 aromatic rings. The van der Waals surface area contributed by atoms with E-state index in [2.05, 4.69) is 17.0 Å². The third-order valence-electron chi connectivity index (χ3n) is 6.77. The van der Waals surface area contributed by atoms with Crippen LogP contribution >= 0.6 is 0 Å². The fraction of sp³-hybridized carbons (Fsp3) is 0.667. The van der Waals surface area contributed by atoms with Crippen LogP contribution in [0.2, 0.25) is 0 Å². The molecule has 0 N–H and O–H groups in total. The van der Waals surface area contributed by atoms with E-state index in [1.54, 1.807) is 7.11 Å². The lowest BCUT2D eigenvalue weighted by atomic mass is 9.83. The molecule has 3 atom stereocenters. The van der Waals surface area contributed by atoms with Gasteiger partial charge in [0.25, 0.3) is 0 Å². The lowest BCUT2D eigenvalue weighted by Gasteiger charge is -2.46. The van der Waals surface area contributed by atoms with E-state index in [1.807, 2.05) is 6.07 Å². The number of methoxy groups -OCH3 is 1. The number of ether oxygens (including phenoxy) is 3. The number of hydrogen-bond acceptors (Lipinski definition) is 4. The maximum absolute atomic E-state index is 13.5. The molecule has 0 spiro atoms. The lowest BCUT2D eigenvalue weighted by Crippen LogP contribution is -2.55. The van der Waals surface area contributed by atoms with Crippen molar-refractivity contribution in [1.82, 2.24) is 4.90 Å². The molecule has 1 amide bonds. The number of aryl methyl sites for hydroxylation is 1. The molecule has 5 heteroatoms. The summed E-state index contributed by atoms with van der Waals surface area (Å²) in [6.07, 6.45) is 6.14. The molecule has 5 nitrogen and oxygen atoms in total. The summed E-state index contributed by atoms with van der Waals surface area (Å²) < 4.78 is 17.4. The summed E-state index contributed by atoms with van der Waals surface area (Å²) in [7, 11) is 1.70. The number of rotatable bonds is 3. The Hall–Kier alpha value is -1.59. The van der Waals surface area contributed by atoms with E-state index < -0.39 is 0 Å². The van der Waals surface area contributed by atoms with Gasteiger partial charge < -0.3 is 19.1 Å². The fourth-order valence-electron chi connectivity index (χ4n) is 5.19. The van der Waals surface area contributed by atoms with Crippen LogP contribution < -0.4 is 4.74 Å². The minimum atomic E-state index is -0.238. The van der Waals surface area contributed by atoms with Crippen LogP contribution in [-0.2, 0) is 20.7 Å². The normalized spacial score (nSPS) is 31.9. The van der Waals surface area contributed by atoms with Crippen LogP contribution in [0, 0.1) is 5.41 Å². The number of nitrogens with zero attached hydrogens (tertiary/aromatic N) is 1. The predicted molar refractivity (Wildman–Crippen MR) is 96.2 cm³/mol. The topological polar surface area (TPSA) is 48.0 Å². The number of benzene rings is 1. The first kappa shape index (κ1) is 16.6. The molecule has 1 saturated carbocycles. The molecule has 0 bridgehead atoms. The highest BCUT2D eigenvalue weighted by Gasteiger charge is 2.59. The molecule has 3 fully saturated rings. The maximum atomic E-state index is 13.5. The van der Waals surface area contributed by atoms with Gasteiger partial charge in [0, 0.05) is 13.2 Å². The van der Waals surface area contributed by atoms with Crippen molar-refractivity contribution < 1.29 is 19.0 Å². The predicted octanol–water partition coefficient (Wildman–Crippen LogP) is 2.87. The van der Waals surface area contributed by atoms with Gasteiger partial charge in [-0.3, -0.25) is 4.79 Å². The molecule has 140 valence electrons. The molecule has 1 aromatic carbocycles. The van der Waals surface area contributed by atoms with Crippen LogP contribution in [0.3, 0.4) is 0 Å². The van der Waals surface area contributed by atoms with E-state index in [4.69, 9.17) is 14.2 Å². The van der Waals surface area contributed by atoms with Crippen molar-refractivity contribution in [3.8, 4) is 5.75 Å². The molecule has 0 radical (unpaired) electrons. The molecule has 2 aliphatic heterocycles. The summed E-state index contributed by atoms with van der Waals surface area (Å²) in [5.41, 5.74) is 2.28. The van der Waals surface area contributed by atoms with Crippen LogP contribution in [0.25, 0.3) is 0 Å². The first-order valence-electron chi connectivity index (χ1n) is 9.94. The number of morpholine rings is 1. The second-order valence-electron chi connectivity index (χ2n) is 8.12. The van der Waals surface area contributed by atoms with Crippen molar-refractivity contribution in [2.75, 3.05) is 26.9 Å². The van der Waals surface area contributed by atoms with Crippen molar-refractivity contribution >= 4 is 5.91 Å². The Morgan fingerprint density at radius 3 is 2.85 bits per heavy atom. The SMILES string of the molecule is COc1ccc2c(c1)CCC1C2OCCN1C(=O)C1(C2CCCO2)CC1. The average molecular weight is 357 g/mol. The van der Waals surface area contributed by atoms with E-state index in [0.717, 1.165) is 50.9 Å². The number of hydrogen-bond donors (Lipinski definition) is 0. The zero-order valence-electron chi connectivity index (χ0n) is 15.4. The van der Waals surface area contributed by atoms with Gasteiger partial charge in [0.2, 0.25) is 5.91 Å². The Labute approximate surface area is 154 Å². The Kier molecular flexibility index (Phi) is 3.98. The number of carbonyl (C=O) groups is 1.